The van der Waals surface area contributed by atoms with E-state index in [2.05, 4.69) is 5.32 Å². The van der Waals surface area contributed by atoms with Crippen molar-refractivity contribution in [3.63, 3.8) is 0 Å². The Balaban J connectivity index is 2.05. The van der Waals surface area contributed by atoms with Crippen molar-refractivity contribution in [1.29, 1.82) is 0 Å². The molecule has 2 rings (SSSR count). The van der Waals surface area contributed by atoms with Gasteiger partial charge in [-0.1, -0.05) is 41.0 Å². The Morgan fingerprint density at radius 2 is 1.72 bits per heavy atom. The van der Waals surface area contributed by atoms with Gasteiger partial charge in [0.05, 0.1) is 15.6 Å². The molecule has 0 atom stereocenters. The number of carbonyl (C=O) groups is 2. The lowest BCUT2D eigenvalue weighted by atomic mass is 10.2. The van der Waals surface area contributed by atoms with Gasteiger partial charge >= 0.3 is 6.03 Å². The van der Waals surface area contributed by atoms with Gasteiger partial charge in [-0.05, 0) is 30.3 Å². The van der Waals surface area contributed by atoms with Crippen LogP contribution in [0.4, 0.5) is 23.7 Å². The van der Waals surface area contributed by atoms with E-state index in [1.807, 2.05) is 5.32 Å². The minimum atomic E-state index is -2.77. The van der Waals surface area contributed by atoms with Gasteiger partial charge in [0.15, 0.2) is 0 Å². The number of benzene rings is 2. The number of imide groups is 1. The molecule has 0 fully saturated rings. The average Bonchev–Trinajstić information content (AvgIpc) is 2.49. The second-order valence-electron chi connectivity index (χ2n) is 4.53. The first-order valence-electron chi connectivity index (χ1n) is 6.58. The van der Waals surface area contributed by atoms with E-state index in [-0.39, 0.29) is 38.0 Å². The third-order valence-corrected chi connectivity index (χ3v) is 4.22. The van der Waals surface area contributed by atoms with Gasteiger partial charge in [0.25, 0.3) is 11.7 Å². The first-order valence-corrected chi connectivity index (χ1v) is 8.22. The highest BCUT2D eigenvalue weighted by atomic mass is 35.5. The smallest absolute Gasteiger partial charge is 0.308 e. The molecule has 0 radical (unpaired) electrons. The van der Waals surface area contributed by atoms with E-state index in [0.717, 1.165) is 12.1 Å². The van der Waals surface area contributed by atoms with Crippen LogP contribution in [0.5, 0.6) is 0 Å². The van der Waals surface area contributed by atoms with Crippen LogP contribution in [0.2, 0.25) is 10.0 Å². The standard InChI is InChI=1S/C15H9Cl2F3N2O2S/c16-8-2-1-3-9(17)12(8)13(23)22-15(24)21-7-4-5-11(10(18)6-7)25-14(19)20/h1-6,14H,(H2,21,22,23,24). The molecule has 2 N–H and O–H groups in total. The van der Waals surface area contributed by atoms with E-state index in [9.17, 15) is 22.8 Å². The molecule has 10 heteroatoms. The molecule has 0 aromatic heterocycles. The Morgan fingerprint density at radius 1 is 1.08 bits per heavy atom. The SMILES string of the molecule is O=C(NC(=O)c1c(Cl)cccc1Cl)Nc1ccc(SC(F)F)c(F)c1. The lowest BCUT2D eigenvalue weighted by Crippen LogP contribution is -2.34. The van der Waals surface area contributed by atoms with Crippen LogP contribution >= 0.6 is 35.0 Å². The Morgan fingerprint density at radius 3 is 2.28 bits per heavy atom. The first-order chi connectivity index (χ1) is 11.8. The topological polar surface area (TPSA) is 58.2 Å². The van der Waals surface area contributed by atoms with E-state index < -0.39 is 23.5 Å². The van der Waals surface area contributed by atoms with Gasteiger partial charge < -0.3 is 5.32 Å². The molecule has 132 valence electrons. The fourth-order valence-electron chi connectivity index (χ4n) is 1.81. The number of amides is 3. The average molecular weight is 409 g/mol. The van der Waals surface area contributed by atoms with E-state index >= 15 is 0 Å². The molecule has 4 nitrogen and oxygen atoms in total. The van der Waals surface area contributed by atoms with E-state index in [0.29, 0.717) is 0 Å². The number of urea groups is 1. The van der Waals surface area contributed by atoms with E-state index in [4.69, 9.17) is 23.2 Å². The summed E-state index contributed by atoms with van der Waals surface area (Å²) < 4.78 is 38.1. The normalized spacial score (nSPS) is 10.6. The fraction of sp³-hybridized carbons (Fsp3) is 0.0667. The fourth-order valence-corrected chi connectivity index (χ4v) is 2.89. The molecule has 0 aliphatic rings. The van der Waals surface area contributed by atoms with Crippen molar-refractivity contribution in [1.82, 2.24) is 5.32 Å². The van der Waals surface area contributed by atoms with Crippen LogP contribution in [-0.4, -0.2) is 17.7 Å². The predicted octanol–water partition coefficient (Wildman–Crippen LogP) is 5.41. The maximum Gasteiger partial charge on any atom is 0.326 e. The van der Waals surface area contributed by atoms with Crippen molar-refractivity contribution in [2.75, 3.05) is 5.32 Å². The third-order valence-electron chi connectivity index (χ3n) is 2.82. The molecule has 0 unspecified atom stereocenters. The molecule has 0 saturated heterocycles. The highest BCUT2D eigenvalue weighted by molar-refractivity contribution is 7.99. The number of nitrogens with one attached hydrogen (secondary N) is 2. The zero-order valence-corrected chi connectivity index (χ0v) is 14.5. The van der Waals surface area contributed by atoms with Crippen LogP contribution in [0.25, 0.3) is 0 Å². The summed E-state index contributed by atoms with van der Waals surface area (Å²) in [6, 6.07) is 6.59. The summed E-state index contributed by atoms with van der Waals surface area (Å²) in [5.74, 6) is -4.54. The van der Waals surface area contributed by atoms with Gasteiger partial charge in [-0.3, -0.25) is 10.1 Å². The maximum atomic E-state index is 13.7. The van der Waals surface area contributed by atoms with Gasteiger partial charge in [-0.2, -0.15) is 8.78 Å². The Hall–Kier alpha value is -1.90. The summed E-state index contributed by atoms with van der Waals surface area (Å²) in [4.78, 5) is 23.6. The van der Waals surface area contributed by atoms with Crippen LogP contribution in [0.1, 0.15) is 10.4 Å². The molecule has 2 aromatic carbocycles. The second kappa shape index (κ2) is 8.46. The third kappa shape index (κ3) is 5.29. The van der Waals surface area contributed by atoms with Crippen LogP contribution < -0.4 is 10.6 Å². The molecule has 3 amide bonds. The lowest BCUT2D eigenvalue weighted by Gasteiger charge is -2.10. The molecule has 0 aliphatic carbocycles. The number of anilines is 1. The molecule has 0 heterocycles. The zero-order valence-electron chi connectivity index (χ0n) is 12.2. The largest absolute Gasteiger partial charge is 0.326 e. The van der Waals surface area contributed by atoms with Gasteiger partial charge in [0.1, 0.15) is 5.82 Å². The van der Waals surface area contributed by atoms with E-state index in [1.165, 1.54) is 24.3 Å². The van der Waals surface area contributed by atoms with Crippen molar-refractivity contribution < 1.29 is 22.8 Å². The number of halogens is 5. The van der Waals surface area contributed by atoms with Gasteiger partial charge in [0.2, 0.25) is 0 Å². The van der Waals surface area contributed by atoms with Crippen LogP contribution in [0, 0.1) is 5.82 Å². The van der Waals surface area contributed by atoms with Gasteiger partial charge in [-0.15, -0.1) is 0 Å². The second-order valence-corrected chi connectivity index (χ2v) is 6.37. The molecule has 0 spiro atoms. The summed E-state index contributed by atoms with van der Waals surface area (Å²) in [6.07, 6.45) is 0. The first kappa shape index (κ1) is 19.4. The number of thioether (sulfide) groups is 1. The van der Waals surface area contributed by atoms with Crippen molar-refractivity contribution in [2.24, 2.45) is 0 Å². The molecule has 0 saturated carbocycles. The van der Waals surface area contributed by atoms with Gasteiger partial charge in [0, 0.05) is 10.6 Å². The van der Waals surface area contributed by atoms with Crippen LogP contribution in [0.3, 0.4) is 0 Å². The molecule has 2 aromatic rings. The minimum Gasteiger partial charge on any atom is -0.308 e. The number of carbonyl (C=O) groups excluding carboxylic acids is 2. The molecular weight excluding hydrogens is 400 g/mol. The highest BCUT2D eigenvalue weighted by Gasteiger charge is 2.17. The quantitative estimate of drug-likeness (QED) is 0.664. The molecule has 0 aliphatic heterocycles. The molecular formula is C15H9Cl2F3N2O2S. The highest BCUT2D eigenvalue weighted by Crippen LogP contribution is 2.29. The predicted molar refractivity (Wildman–Crippen MR) is 91.2 cm³/mol. The van der Waals surface area contributed by atoms with Gasteiger partial charge in [-0.25, -0.2) is 9.18 Å². The summed E-state index contributed by atoms with van der Waals surface area (Å²) in [6.45, 7) is 0. The lowest BCUT2D eigenvalue weighted by molar-refractivity contribution is 0.0967. The summed E-state index contributed by atoms with van der Waals surface area (Å²) in [7, 11) is 0. The Labute approximate surface area is 154 Å². The summed E-state index contributed by atoms with van der Waals surface area (Å²) in [5.41, 5.74) is -0.109. The number of rotatable bonds is 4. The van der Waals surface area contributed by atoms with Crippen LogP contribution in [-0.2, 0) is 0 Å². The van der Waals surface area contributed by atoms with E-state index in [1.54, 1.807) is 0 Å². The minimum absolute atomic E-state index is 0.0216. The number of hydrogen-bond donors (Lipinski definition) is 2. The van der Waals surface area contributed by atoms with Crippen molar-refractivity contribution in [3.05, 3.63) is 57.8 Å². The molecule has 25 heavy (non-hydrogen) atoms. The number of alkyl halides is 2. The number of hydrogen-bond acceptors (Lipinski definition) is 3. The molecule has 0 bridgehead atoms. The maximum absolute atomic E-state index is 13.7. The Bertz CT molecular complexity index is 801. The zero-order chi connectivity index (χ0) is 18.6. The Kier molecular flexibility index (Phi) is 6.57. The van der Waals surface area contributed by atoms with Crippen molar-refractivity contribution in [2.45, 2.75) is 10.7 Å². The van der Waals surface area contributed by atoms with Crippen molar-refractivity contribution >= 4 is 52.6 Å². The summed E-state index contributed by atoms with van der Waals surface area (Å²) >= 11 is 11.8. The summed E-state index contributed by atoms with van der Waals surface area (Å²) in [5, 5.41) is 4.30. The monoisotopic (exact) mass is 408 g/mol. The van der Waals surface area contributed by atoms with Crippen LogP contribution in [0.15, 0.2) is 41.3 Å². The van der Waals surface area contributed by atoms with Crippen molar-refractivity contribution in [3.8, 4) is 0 Å².